The fraction of sp³-hybridized carbons (Fsp3) is 0.300. The van der Waals surface area contributed by atoms with E-state index in [1.54, 1.807) is 16.4 Å². The summed E-state index contributed by atoms with van der Waals surface area (Å²) in [6, 6.07) is 12.9. The van der Waals surface area contributed by atoms with E-state index >= 15 is 0 Å². The monoisotopic (exact) mass is 430 g/mol. The zero-order valence-corrected chi connectivity index (χ0v) is 17.8. The number of benzene rings is 1. The first-order valence-electron chi connectivity index (χ1n) is 9.11. The van der Waals surface area contributed by atoms with Gasteiger partial charge in [-0.05, 0) is 36.2 Å². The third-order valence-corrected chi connectivity index (χ3v) is 5.69. The van der Waals surface area contributed by atoms with Gasteiger partial charge >= 0.3 is 5.97 Å². The second-order valence-electron chi connectivity index (χ2n) is 6.45. The van der Waals surface area contributed by atoms with Crippen LogP contribution in [0.15, 0.2) is 47.8 Å². The molecule has 3 rings (SSSR count). The number of carbonyl (C=O) groups is 2. The predicted molar refractivity (Wildman–Crippen MR) is 114 cm³/mol. The van der Waals surface area contributed by atoms with Crippen molar-refractivity contribution in [3.63, 3.8) is 0 Å². The molecule has 9 heteroatoms. The molecule has 29 heavy (non-hydrogen) atoms. The summed E-state index contributed by atoms with van der Waals surface area (Å²) in [5, 5.41) is 9.04. The smallest absolute Gasteiger partial charge is 0.307 e. The van der Waals surface area contributed by atoms with E-state index in [1.165, 1.54) is 18.4 Å². The predicted octanol–water partition coefficient (Wildman–Crippen LogP) is 3.82. The molecule has 3 aromatic rings. The molecule has 0 bridgehead atoms. The van der Waals surface area contributed by atoms with E-state index in [9.17, 15) is 9.59 Å². The van der Waals surface area contributed by atoms with Gasteiger partial charge in [0.05, 0.1) is 18.4 Å². The van der Waals surface area contributed by atoms with E-state index in [0.29, 0.717) is 17.1 Å². The summed E-state index contributed by atoms with van der Waals surface area (Å²) >= 11 is 6.91. The number of esters is 1. The summed E-state index contributed by atoms with van der Waals surface area (Å²) in [7, 11) is 1.34. The Labute approximate surface area is 177 Å². The Morgan fingerprint density at radius 3 is 2.69 bits per heavy atom. The van der Waals surface area contributed by atoms with E-state index in [1.807, 2.05) is 47.8 Å². The minimum atomic E-state index is -0.584. The summed E-state index contributed by atoms with van der Waals surface area (Å²) in [5.41, 5.74) is 0.979. The normalized spacial score (nSPS) is 11.8. The van der Waals surface area contributed by atoms with Crippen molar-refractivity contribution in [1.29, 1.82) is 0 Å². The number of ether oxygens (including phenoxy) is 1. The fourth-order valence-electron chi connectivity index (χ4n) is 3.02. The SMILES string of the molecule is COC(=O)CCN(Cc1ccccc1)C(=O)C(C)n1c(-c2cccs2)n[nH]c1=S. The number of hydrogen-bond donors (Lipinski definition) is 1. The molecule has 2 aromatic heterocycles. The van der Waals surface area contributed by atoms with Crippen molar-refractivity contribution in [3.8, 4) is 10.7 Å². The van der Waals surface area contributed by atoms with Gasteiger partial charge in [-0.25, -0.2) is 0 Å². The van der Waals surface area contributed by atoms with Crippen LogP contribution < -0.4 is 0 Å². The summed E-state index contributed by atoms with van der Waals surface area (Å²) in [5.74, 6) is 0.120. The van der Waals surface area contributed by atoms with E-state index < -0.39 is 6.04 Å². The molecule has 0 fully saturated rings. The summed E-state index contributed by atoms with van der Waals surface area (Å²) in [4.78, 5) is 27.6. The van der Waals surface area contributed by atoms with E-state index in [-0.39, 0.29) is 24.8 Å². The zero-order valence-electron chi connectivity index (χ0n) is 16.2. The average Bonchev–Trinajstić information content (AvgIpc) is 3.40. The molecular weight excluding hydrogens is 408 g/mol. The van der Waals surface area contributed by atoms with Gasteiger partial charge < -0.3 is 9.64 Å². The van der Waals surface area contributed by atoms with Crippen molar-refractivity contribution in [2.24, 2.45) is 0 Å². The molecule has 7 nitrogen and oxygen atoms in total. The lowest BCUT2D eigenvalue weighted by Gasteiger charge is -2.26. The Morgan fingerprint density at radius 2 is 2.03 bits per heavy atom. The number of carbonyl (C=O) groups excluding carboxylic acids is 2. The highest BCUT2D eigenvalue weighted by atomic mass is 32.1. The largest absolute Gasteiger partial charge is 0.469 e. The number of hydrogen-bond acceptors (Lipinski definition) is 6. The van der Waals surface area contributed by atoms with Gasteiger partial charge in [0, 0.05) is 13.1 Å². The topological polar surface area (TPSA) is 80.2 Å². The van der Waals surface area contributed by atoms with E-state index in [2.05, 4.69) is 10.2 Å². The van der Waals surface area contributed by atoms with Crippen molar-refractivity contribution in [2.75, 3.05) is 13.7 Å². The van der Waals surface area contributed by atoms with Crippen LogP contribution in [0.3, 0.4) is 0 Å². The van der Waals surface area contributed by atoms with Crippen LogP contribution in [0.25, 0.3) is 10.7 Å². The van der Waals surface area contributed by atoms with Gasteiger partial charge in [-0.15, -0.1) is 11.3 Å². The number of nitrogens with zero attached hydrogens (tertiary/aromatic N) is 3. The molecule has 1 atom stereocenters. The van der Waals surface area contributed by atoms with E-state index in [0.717, 1.165) is 10.4 Å². The Morgan fingerprint density at radius 1 is 1.28 bits per heavy atom. The minimum absolute atomic E-state index is 0.121. The number of amides is 1. The molecular formula is C20H22N4O3S2. The molecule has 1 unspecified atom stereocenters. The standard InChI is InChI=1S/C20H22N4O3S2/c1-14(24-18(21-22-20(24)28)16-9-6-12-29-16)19(26)23(11-10-17(25)27-2)13-15-7-4-3-5-8-15/h3-9,12,14H,10-11,13H2,1-2H3,(H,22,28). The number of H-pyrrole nitrogens is 1. The third-order valence-electron chi connectivity index (χ3n) is 4.53. The molecule has 0 radical (unpaired) electrons. The molecule has 0 aliphatic heterocycles. The maximum Gasteiger partial charge on any atom is 0.307 e. The highest BCUT2D eigenvalue weighted by Gasteiger charge is 2.26. The molecule has 0 spiro atoms. The zero-order chi connectivity index (χ0) is 20.8. The first-order chi connectivity index (χ1) is 14.0. The molecule has 1 amide bonds. The van der Waals surface area contributed by atoms with Gasteiger partial charge in [0.25, 0.3) is 0 Å². The van der Waals surface area contributed by atoms with Gasteiger partial charge in [0.1, 0.15) is 6.04 Å². The Balaban J connectivity index is 1.87. The van der Waals surface area contributed by atoms with Crippen LogP contribution in [0.1, 0.15) is 24.9 Å². The quantitative estimate of drug-likeness (QED) is 0.434. The summed E-state index contributed by atoms with van der Waals surface area (Å²) < 4.78 is 6.84. The number of thiophene rings is 1. The van der Waals surface area contributed by atoms with Crippen molar-refractivity contribution in [3.05, 3.63) is 58.2 Å². The van der Waals surface area contributed by atoms with Crippen molar-refractivity contribution < 1.29 is 14.3 Å². The number of aromatic nitrogens is 3. The third kappa shape index (κ3) is 4.99. The van der Waals surface area contributed by atoms with Crippen LogP contribution in [0.2, 0.25) is 0 Å². The lowest BCUT2D eigenvalue weighted by Crippen LogP contribution is -2.37. The minimum Gasteiger partial charge on any atom is -0.469 e. The van der Waals surface area contributed by atoms with Crippen molar-refractivity contribution >= 4 is 35.4 Å². The van der Waals surface area contributed by atoms with Crippen LogP contribution in [0.5, 0.6) is 0 Å². The Kier molecular flexibility index (Phi) is 6.95. The second kappa shape index (κ2) is 9.62. The fourth-order valence-corrected chi connectivity index (χ4v) is 4.02. The maximum absolute atomic E-state index is 13.4. The van der Waals surface area contributed by atoms with Crippen molar-refractivity contribution in [1.82, 2.24) is 19.7 Å². The highest BCUT2D eigenvalue weighted by molar-refractivity contribution is 7.71. The lowest BCUT2D eigenvalue weighted by atomic mass is 10.2. The summed E-state index contributed by atoms with van der Waals surface area (Å²) in [6.07, 6.45) is 0.121. The molecule has 2 heterocycles. The van der Waals surface area contributed by atoms with Crippen LogP contribution in [0.4, 0.5) is 0 Å². The Hall–Kier alpha value is -2.78. The van der Waals surface area contributed by atoms with E-state index in [4.69, 9.17) is 17.0 Å². The van der Waals surface area contributed by atoms with Crippen LogP contribution in [-0.4, -0.2) is 45.2 Å². The number of aromatic amines is 1. The highest BCUT2D eigenvalue weighted by Crippen LogP contribution is 2.26. The molecule has 1 N–H and O–H groups in total. The van der Waals surface area contributed by atoms with Crippen LogP contribution in [-0.2, 0) is 20.9 Å². The van der Waals surface area contributed by atoms with Gasteiger partial charge in [0.15, 0.2) is 10.6 Å². The second-order valence-corrected chi connectivity index (χ2v) is 7.78. The number of rotatable bonds is 8. The first-order valence-corrected chi connectivity index (χ1v) is 10.4. The molecule has 0 saturated heterocycles. The lowest BCUT2D eigenvalue weighted by molar-refractivity contribution is -0.142. The maximum atomic E-state index is 13.4. The molecule has 152 valence electrons. The van der Waals surface area contributed by atoms with Gasteiger partial charge in [-0.2, -0.15) is 5.10 Å². The van der Waals surface area contributed by atoms with Gasteiger partial charge in [-0.1, -0.05) is 36.4 Å². The number of methoxy groups -OCH3 is 1. The summed E-state index contributed by atoms with van der Waals surface area (Å²) in [6.45, 7) is 2.44. The molecule has 0 aliphatic carbocycles. The van der Waals surface area contributed by atoms with Gasteiger partial charge in [-0.3, -0.25) is 19.3 Å². The average molecular weight is 431 g/mol. The number of nitrogens with one attached hydrogen (secondary N) is 1. The van der Waals surface area contributed by atoms with Crippen molar-refractivity contribution in [2.45, 2.75) is 25.9 Å². The Bertz CT molecular complexity index is 1010. The van der Waals surface area contributed by atoms with Gasteiger partial charge in [0.2, 0.25) is 5.91 Å². The van der Waals surface area contributed by atoms with Crippen LogP contribution in [0, 0.1) is 4.77 Å². The first kappa shape index (κ1) is 20.9. The van der Waals surface area contributed by atoms with Crippen LogP contribution >= 0.6 is 23.6 Å². The molecule has 0 aliphatic rings. The molecule has 0 saturated carbocycles. The molecule has 1 aromatic carbocycles.